The molecule has 0 fully saturated rings. The molecule has 2 aromatic carbocycles. The first-order valence-electron chi connectivity index (χ1n) is 7.51. The van der Waals surface area contributed by atoms with Crippen LogP contribution in [-0.2, 0) is 4.79 Å². The topological polar surface area (TPSA) is 76.2 Å². The smallest absolute Gasteiger partial charge is 0.304 e. The van der Waals surface area contributed by atoms with Crippen LogP contribution in [0.15, 0.2) is 46.9 Å². The third kappa shape index (κ3) is 3.71. The monoisotopic (exact) mass is 344 g/mol. The predicted molar refractivity (Wildman–Crippen MR) is 84.9 cm³/mol. The lowest BCUT2D eigenvalue weighted by atomic mass is 9.92. The summed E-state index contributed by atoms with van der Waals surface area (Å²) in [6.07, 6.45) is -0.359. The number of carboxylic acid groups (broad SMARTS) is 1. The molecule has 1 heterocycles. The fourth-order valence-corrected chi connectivity index (χ4v) is 2.64. The molecule has 5 nitrogen and oxygen atoms in total. The van der Waals surface area contributed by atoms with Crippen LogP contribution in [0.25, 0.3) is 11.1 Å². The first-order chi connectivity index (χ1) is 11.9. The minimum absolute atomic E-state index is 0.0741. The Labute approximate surface area is 141 Å². The number of aromatic nitrogens is 2. The lowest BCUT2D eigenvalue weighted by Crippen LogP contribution is -2.09. The number of rotatable bonds is 5. The maximum atomic E-state index is 14.1. The zero-order chi connectivity index (χ0) is 18.0. The van der Waals surface area contributed by atoms with Gasteiger partial charge in [0.05, 0.1) is 12.3 Å². The Morgan fingerprint density at radius 1 is 1.20 bits per heavy atom. The molecule has 0 saturated carbocycles. The quantitative estimate of drug-likeness (QED) is 0.759. The molecule has 3 rings (SSSR count). The molecule has 3 aromatic rings. The highest BCUT2D eigenvalue weighted by molar-refractivity contribution is 5.70. The van der Waals surface area contributed by atoms with Crippen molar-refractivity contribution >= 4 is 5.97 Å². The van der Waals surface area contributed by atoms with Crippen LogP contribution in [0.2, 0.25) is 0 Å². The maximum Gasteiger partial charge on any atom is 0.304 e. The number of aliphatic carboxylic acids is 1. The highest BCUT2D eigenvalue weighted by Gasteiger charge is 2.25. The second-order valence-corrected chi connectivity index (χ2v) is 5.56. The van der Waals surface area contributed by atoms with Gasteiger partial charge in [-0.1, -0.05) is 24.3 Å². The second-order valence-electron chi connectivity index (χ2n) is 5.56. The van der Waals surface area contributed by atoms with Crippen LogP contribution in [0, 0.1) is 18.6 Å². The number of halogens is 2. The minimum Gasteiger partial charge on any atom is -0.481 e. The Morgan fingerprint density at radius 3 is 2.60 bits per heavy atom. The largest absolute Gasteiger partial charge is 0.481 e. The van der Waals surface area contributed by atoms with Crippen molar-refractivity contribution in [1.29, 1.82) is 0 Å². The summed E-state index contributed by atoms with van der Waals surface area (Å²) in [5.41, 5.74) is 0.850. The van der Waals surface area contributed by atoms with Crippen LogP contribution in [0.1, 0.15) is 29.7 Å². The van der Waals surface area contributed by atoms with Crippen LogP contribution in [0.3, 0.4) is 0 Å². The molecule has 0 saturated heterocycles. The molecular weight excluding hydrogens is 330 g/mol. The molecule has 0 bridgehead atoms. The van der Waals surface area contributed by atoms with Gasteiger partial charge >= 0.3 is 5.97 Å². The van der Waals surface area contributed by atoms with Crippen LogP contribution < -0.4 is 0 Å². The van der Waals surface area contributed by atoms with Gasteiger partial charge in [-0.3, -0.25) is 4.79 Å². The van der Waals surface area contributed by atoms with Crippen LogP contribution >= 0.6 is 0 Å². The summed E-state index contributed by atoms with van der Waals surface area (Å²) < 4.78 is 33.5. The fourth-order valence-electron chi connectivity index (χ4n) is 2.64. The summed E-state index contributed by atoms with van der Waals surface area (Å²) in [5.74, 6) is -2.69. The van der Waals surface area contributed by atoms with E-state index in [2.05, 4.69) is 10.2 Å². The van der Waals surface area contributed by atoms with Gasteiger partial charge < -0.3 is 9.52 Å². The van der Waals surface area contributed by atoms with Gasteiger partial charge in [0.15, 0.2) is 0 Å². The molecule has 1 unspecified atom stereocenters. The Balaban J connectivity index is 2.10. The highest BCUT2D eigenvalue weighted by Crippen LogP contribution is 2.32. The Kier molecular flexibility index (Phi) is 4.56. The van der Waals surface area contributed by atoms with Gasteiger partial charge in [-0.05, 0) is 29.3 Å². The number of aryl methyl sites for hydroxylation is 1. The summed E-state index contributed by atoms with van der Waals surface area (Å²) in [5, 5.41) is 16.7. The average Bonchev–Trinajstić information content (AvgIpc) is 2.98. The van der Waals surface area contributed by atoms with Crippen molar-refractivity contribution in [3.05, 3.63) is 71.4 Å². The van der Waals surface area contributed by atoms with Gasteiger partial charge in [0.2, 0.25) is 11.8 Å². The van der Waals surface area contributed by atoms with E-state index in [1.54, 1.807) is 13.0 Å². The van der Waals surface area contributed by atoms with Crippen LogP contribution in [-0.4, -0.2) is 21.3 Å². The maximum absolute atomic E-state index is 14.1. The van der Waals surface area contributed by atoms with Crippen molar-refractivity contribution in [2.75, 3.05) is 0 Å². The molecule has 0 radical (unpaired) electrons. The van der Waals surface area contributed by atoms with E-state index in [1.165, 1.54) is 36.4 Å². The van der Waals surface area contributed by atoms with E-state index in [9.17, 15) is 13.6 Å². The number of carbonyl (C=O) groups is 1. The molecular formula is C18H14F2N2O3. The number of nitrogens with zero attached hydrogens (tertiary/aromatic N) is 2. The summed E-state index contributed by atoms with van der Waals surface area (Å²) in [4.78, 5) is 11.2. The van der Waals surface area contributed by atoms with E-state index in [1.807, 2.05) is 0 Å². The van der Waals surface area contributed by atoms with Crippen molar-refractivity contribution in [1.82, 2.24) is 10.2 Å². The standard InChI is InChI=1S/C18H14F2N2O3/c1-10-21-22-18(25-10)15(9-17(23)24)12-6-11(7-13(19)8-12)14-4-2-3-5-16(14)20/h2-8,15H,9H2,1H3,(H,23,24). The summed E-state index contributed by atoms with van der Waals surface area (Å²) in [6.45, 7) is 1.57. The van der Waals surface area contributed by atoms with Crippen LogP contribution in [0.5, 0.6) is 0 Å². The summed E-state index contributed by atoms with van der Waals surface area (Å²) >= 11 is 0. The van der Waals surface area contributed by atoms with E-state index < -0.39 is 23.5 Å². The third-order valence-corrected chi connectivity index (χ3v) is 3.73. The average molecular weight is 344 g/mol. The lowest BCUT2D eigenvalue weighted by molar-refractivity contribution is -0.137. The Morgan fingerprint density at radius 2 is 1.96 bits per heavy atom. The van der Waals surface area contributed by atoms with Crippen molar-refractivity contribution in [3.8, 4) is 11.1 Å². The molecule has 1 atom stereocenters. The molecule has 0 spiro atoms. The zero-order valence-electron chi connectivity index (χ0n) is 13.2. The molecule has 1 aromatic heterocycles. The molecule has 1 N–H and O–H groups in total. The van der Waals surface area contributed by atoms with Gasteiger partial charge in [-0.2, -0.15) is 0 Å². The third-order valence-electron chi connectivity index (χ3n) is 3.73. The molecule has 128 valence electrons. The molecule has 0 aliphatic rings. The van der Waals surface area contributed by atoms with Crippen molar-refractivity contribution in [2.45, 2.75) is 19.3 Å². The van der Waals surface area contributed by atoms with Crippen molar-refractivity contribution in [3.63, 3.8) is 0 Å². The summed E-state index contributed by atoms with van der Waals surface area (Å²) in [6, 6.07) is 9.89. The number of hydrogen-bond donors (Lipinski definition) is 1. The molecule has 0 amide bonds. The SMILES string of the molecule is Cc1nnc(C(CC(=O)O)c2cc(F)cc(-c3ccccc3F)c2)o1. The van der Waals surface area contributed by atoms with E-state index in [-0.39, 0.29) is 23.8 Å². The Bertz CT molecular complexity index is 924. The van der Waals surface area contributed by atoms with Crippen molar-refractivity contribution < 1.29 is 23.1 Å². The predicted octanol–water partition coefficient (Wildman–Crippen LogP) is 3.93. The number of carboxylic acids is 1. The van der Waals surface area contributed by atoms with Gasteiger partial charge in [-0.15, -0.1) is 10.2 Å². The van der Waals surface area contributed by atoms with E-state index in [0.717, 1.165) is 0 Å². The first-order valence-corrected chi connectivity index (χ1v) is 7.51. The van der Waals surface area contributed by atoms with E-state index in [4.69, 9.17) is 9.52 Å². The number of hydrogen-bond acceptors (Lipinski definition) is 4. The lowest BCUT2D eigenvalue weighted by Gasteiger charge is -2.13. The summed E-state index contributed by atoms with van der Waals surface area (Å²) in [7, 11) is 0. The van der Waals surface area contributed by atoms with E-state index >= 15 is 0 Å². The molecule has 0 aliphatic carbocycles. The van der Waals surface area contributed by atoms with Crippen LogP contribution in [0.4, 0.5) is 8.78 Å². The van der Waals surface area contributed by atoms with Gasteiger partial charge in [0, 0.05) is 12.5 Å². The van der Waals surface area contributed by atoms with Crippen molar-refractivity contribution in [2.24, 2.45) is 0 Å². The number of benzene rings is 2. The van der Waals surface area contributed by atoms with Gasteiger partial charge in [0.1, 0.15) is 11.6 Å². The first kappa shape index (κ1) is 16.8. The molecule has 25 heavy (non-hydrogen) atoms. The normalized spacial score (nSPS) is 12.1. The van der Waals surface area contributed by atoms with Gasteiger partial charge in [0.25, 0.3) is 0 Å². The Hall–Kier alpha value is -3.09. The van der Waals surface area contributed by atoms with Gasteiger partial charge in [-0.25, -0.2) is 8.78 Å². The van der Waals surface area contributed by atoms with E-state index in [0.29, 0.717) is 11.1 Å². The zero-order valence-corrected chi connectivity index (χ0v) is 13.2. The minimum atomic E-state index is -1.10. The molecule has 7 heteroatoms. The molecule has 0 aliphatic heterocycles. The fraction of sp³-hybridized carbons (Fsp3) is 0.167. The second kappa shape index (κ2) is 6.80. The highest BCUT2D eigenvalue weighted by atomic mass is 19.1.